The van der Waals surface area contributed by atoms with Crippen LogP contribution >= 0.6 is 0 Å². The maximum absolute atomic E-state index is 11.5. The second-order valence-electron chi connectivity index (χ2n) is 3.93. The molecule has 2 aromatic heterocycles. The zero-order valence-electron chi connectivity index (χ0n) is 11.1. The maximum atomic E-state index is 11.5. The minimum atomic E-state index is -0.664. The number of aryl methyl sites for hydroxylation is 1. The summed E-state index contributed by atoms with van der Waals surface area (Å²) < 4.78 is 18.2. The first kappa shape index (κ1) is 10.3. The quantitative estimate of drug-likeness (QED) is 0.659. The standard InChI is InChI=1S/C14H10N2O3/c1-9-7-13(17)19-12-8-10(3-4-11(9)12)18-14-15-5-2-6-16-14/h2-8H,1H3/i7D. The molecule has 2 heterocycles. The molecule has 0 fully saturated rings. The lowest BCUT2D eigenvalue weighted by molar-refractivity contribution is 0.440. The van der Waals surface area contributed by atoms with Crippen molar-refractivity contribution >= 4 is 11.0 Å². The molecule has 0 unspecified atom stereocenters. The molecule has 5 heteroatoms. The summed E-state index contributed by atoms with van der Waals surface area (Å²) in [5.41, 5.74) is 0.291. The highest BCUT2D eigenvalue weighted by Crippen LogP contribution is 2.24. The van der Waals surface area contributed by atoms with Gasteiger partial charge in [0.1, 0.15) is 11.3 Å². The van der Waals surface area contributed by atoms with Crippen molar-refractivity contribution in [3.63, 3.8) is 0 Å². The molecule has 0 atom stereocenters. The van der Waals surface area contributed by atoms with Crippen molar-refractivity contribution in [1.29, 1.82) is 0 Å². The van der Waals surface area contributed by atoms with Crippen molar-refractivity contribution in [2.75, 3.05) is 0 Å². The SMILES string of the molecule is [2H]c1c(C)c2ccc(Oc3ncccn3)cc2oc1=O. The highest BCUT2D eigenvalue weighted by atomic mass is 16.5. The zero-order valence-corrected chi connectivity index (χ0v) is 10.1. The topological polar surface area (TPSA) is 65.2 Å². The van der Waals surface area contributed by atoms with Gasteiger partial charge in [-0.3, -0.25) is 0 Å². The lowest BCUT2D eigenvalue weighted by Gasteiger charge is -2.05. The van der Waals surface area contributed by atoms with E-state index in [2.05, 4.69) is 9.97 Å². The summed E-state index contributed by atoms with van der Waals surface area (Å²) in [7, 11) is 0. The molecular formula is C14H10N2O3. The number of hydrogen-bond donors (Lipinski definition) is 0. The minimum Gasteiger partial charge on any atom is -0.424 e. The van der Waals surface area contributed by atoms with Gasteiger partial charge >= 0.3 is 11.6 Å². The van der Waals surface area contributed by atoms with Gasteiger partial charge in [-0.15, -0.1) is 0 Å². The zero-order chi connectivity index (χ0) is 14.1. The van der Waals surface area contributed by atoms with Crippen LogP contribution < -0.4 is 10.4 Å². The van der Waals surface area contributed by atoms with Crippen LogP contribution in [0.3, 0.4) is 0 Å². The molecule has 0 aliphatic heterocycles. The summed E-state index contributed by atoms with van der Waals surface area (Å²) in [5.74, 6) is 0.462. The van der Waals surface area contributed by atoms with Gasteiger partial charge in [-0.2, -0.15) is 0 Å². The van der Waals surface area contributed by atoms with Crippen LogP contribution in [0.1, 0.15) is 6.93 Å². The molecule has 0 aliphatic carbocycles. The number of ether oxygens (including phenoxy) is 1. The fourth-order valence-electron chi connectivity index (χ4n) is 1.75. The first-order valence-corrected chi connectivity index (χ1v) is 5.64. The van der Waals surface area contributed by atoms with Crippen molar-refractivity contribution in [2.45, 2.75) is 6.92 Å². The summed E-state index contributed by atoms with van der Waals surface area (Å²) >= 11 is 0. The lowest BCUT2D eigenvalue weighted by Crippen LogP contribution is -1.98. The van der Waals surface area contributed by atoms with Gasteiger partial charge in [0.05, 0.1) is 1.37 Å². The molecule has 0 saturated heterocycles. The average Bonchev–Trinajstić information content (AvgIpc) is 2.46. The smallest absolute Gasteiger partial charge is 0.336 e. The van der Waals surface area contributed by atoms with Gasteiger partial charge in [-0.05, 0) is 30.7 Å². The largest absolute Gasteiger partial charge is 0.424 e. The average molecular weight is 255 g/mol. The molecule has 0 radical (unpaired) electrons. The van der Waals surface area contributed by atoms with E-state index in [0.29, 0.717) is 22.3 Å². The molecule has 0 saturated carbocycles. The molecule has 0 aliphatic rings. The molecule has 1 aromatic carbocycles. The van der Waals surface area contributed by atoms with Gasteiger partial charge in [0, 0.05) is 29.9 Å². The van der Waals surface area contributed by atoms with Gasteiger partial charge in [-0.1, -0.05) is 0 Å². The number of rotatable bonds is 2. The van der Waals surface area contributed by atoms with Crippen molar-refractivity contribution in [2.24, 2.45) is 0 Å². The van der Waals surface area contributed by atoms with Crippen molar-refractivity contribution in [3.8, 4) is 11.8 Å². The van der Waals surface area contributed by atoms with Crippen LogP contribution in [0.15, 0.2) is 51.9 Å². The molecule has 0 N–H and O–H groups in total. The van der Waals surface area contributed by atoms with E-state index in [1.165, 1.54) is 0 Å². The monoisotopic (exact) mass is 255 g/mol. The second-order valence-corrected chi connectivity index (χ2v) is 3.93. The van der Waals surface area contributed by atoms with Crippen LogP contribution in [-0.4, -0.2) is 9.97 Å². The molecule has 5 nitrogen and oxygen atoms in total. The fraction of sp³-hybridized carbons (Fsp3) is 0.0714. The maximum Gasteiger partial charge on any atom is 0.336 e. The highest BCUT2D eigenvalue weighted by Gasteiger charge is 2.05. The Bertz CT molecular complexity index is 831. The Balaban J connectivity index is 2.07. The number of hydrogen-bond acceptors (Lipinski definition) is 5. The predicted octanol–water partition coefficient (Wildman–Crippen LogP) is 2.68. The molecule has 0 bridgehead atoms. The number of nitrogens with zero attached hydrogens (tertiary/aromatic N) is 2. The van der Waals surface area contributed by atoms with E-state index in [9.17, 15) is 4.79 Å². The van der Waals surface area contributed by atoms with Gasteiger partial charge < -0.3 is 9.15 Å². The molecule has 94 valence electrons. The molecule has 19 heavy (non-hydrogen) atoms. The van der Waals surface area contributed by atoms with Gasteiger partial charge in [0.25, 0.3) is 0 Å². The third-order valence-corrected chi connectivity index (χ3v) is 2.60. The lowest BCUT2D eigenvalue weighted by atomic mass is 10.1. The summed E-state index contributed by atoms with van der Waals surface area (Å²) in [5, 5.41) is 0.705. The Hall–Kier alpha value is -2.69. The van der Waals surface area contributed by atoms with E-state index in [1.807, 2.05) is 0 Å². The third-order valence-electron chi connectivity index (χ3n) is 2.60. The Morgan fingerprint density at radius 1 is 1.32 bits per heavy atom. The summed E-state index contributed by atoms with van der Waals surface area (Å²) in [4.78, 5) is 19.4. The van der Waals surface area contributed by atoms with Crippen molar-refractivity contribution in [3.05, 3.63) is 58.7 Å². The van der Waals surface area contributed by atoms with E-state index < -0.39 is 5.63 Å². The van der Waals surface area contributed by atoms with Gasteiger partial charge in [0.2, 0.25) is 0 Å². The van der Waals surface area contributed by atoms with E-state index in [0.717, 1.165) is 0 Å². The molecular weight excluding hydrogens is 244 g/mol. The van der Waals surface area contributed by atoms with E-state index in [4.69, 9.17) is 10.5 Å². The first-order valence-electron chi connectivity index (χ1n) is 6.14. The predicted molar refractivity (Wildman–Crippen MR) is 69.3 cm³/mol. The number of benzene rings is 1. The van der Waals surface area contributed by atoms with E-state index in [1.54, 1.807) is 43.6 Å². The Morgan fingerprint density at radius 3 is 2.89 bits per heavy atom. The molecule has 3 rings (SSSR count). The first-order chi connectivity index (χ1) is 9.65. The summed E-state index contributed by atoms with van der Waals surface area (Å²) in [6.45, 7) is 1.71. The number of fused-ring (bicyclic) bond motifs is 1. The van der Waals surface area contributed by atoms with E-state index >= 15 is 0 Å². The van der Waals surface area contributed by atoms with Crippen molar-refractivity contribution < 1.29 is 10.5 Å². The van der Waals surface area contributed by atoms with Gasteiger partial charge in [0.15, 0.2) is 0 Å². The molecule has 0 amide bonds. The van der Waals surface area contributed by atoms with Crippen LogP contribution in [0, 0.1) is 6.92 Å². The minimum absolute atomic E-state index is 0.127. The highest BCUT2D eigenvalue weighted by molar-refractivity contribution is 5.81. The fourth-order valence-corrected chi connectivity index (χ4v) is 1.75. The molecule has 3 aromatic rings. The van der Waals surface area contributed by atoms with Crippen LogP contribution in [0.2, 0.25) is 0 Å². The number of aromatic nitrogens is 2. The van der Waals surface area contributed by atoms with Gasteiger partial charge in [-0.25, -0.2) is 14.8 Å². The molecule has 0 spiro atoms. The third kappa shape index (κ3) is 2.30. The Labute approximate surface area is 109 Å². The summed E-state index contributed by atoms with van der Waals surface area (Å²) in [6.07, 6.45) is 3.14. The normalized spacial score (nSPS) is 11.3. The van der Waals surface area contributed by atoms with Crippen molar-refractivity contribution in [1.82, 2.24) is 9.97 Å². The van der Waals surface area contributed by atoms with Crippen LogP contribution in [0.4, 0.5) is 0 Å². The van der Waals surface area contributed by atoms with E-state index in [-0.39, 0.29) is 12.1 Å². The summed E-state index contributed by atoms with van der Waals surface area (Å²) in [6, 6.07) is 6.81. The van der Waals surface area contributed by atoms with Crippen LogP contribution in [0.25, 0.3) is 11.0 Å². The van der Waals surface area contributed by atoms with Crippen LogP contribution in [0.5, 0.6) is 11.8 Å². The van der Waals surface area contributed by atoms with Crippen LogP contribution in [-0.2, 0) is 0 Å². The second kappa shape index (κ2) is 4.53. The Morgan fingerprint density at radius 2 is 2.11 bits per heavy atom. The Kier molecular flexibility index (Phi) is 2.44.